The second-order valence-electron chi connectivity index (χ2n) is 4.48. The van der Waals surface area contributed by atoms with Crippen LogP contribution in [0.1, 0.15) is 31.0 Å². The van der Waals surface area contributed by atoms with Gasteiger partial charge in [0.15, 0.2) is 9.84 Å². The molecule has 2 atom stereocenters. The molecule has 0 spiro atoms. The minimum atomic E-state index is -3.05. The lowest BCUT2D eigenvalue weighted by Gasteiger charge is -2.24. The van der Waals surface area contributed by atoms with Gasteiger partial charge in [0.25, 0.3) is 0 Å². The van der Waals surface area contributed by atoms with Gasteiger partial charge in [-0.15, -0.1) is 0 Å². The van der Waals surface area contributed by atoms with Gasteiger partial charge in [-0.3, -0.25) is 0 Å². The molecule has 0 saturated carbocycles. The Kier molecular flexibility index (Phi) is 4.71. The van der Waals surface area contributed by atoms with Crippen LogP contribution in [0, 0.1) is 6.92 Å². The van der Waals surface area contributed by atoms with Crippen LogP contribution in [0.3, 0.4) is 0 Å². The number of aryl methyl sites for hydroxylation is 1. The van der Waals surface area contributed by atoms with E-state index < -0.39 is 15.1 Å². The van der Waals surface area contributed by atoms with Crippen LogP contribution in [-0.2, 0) is 9.84 Å². The molecule has 3 nitrogen and oxygen atoms in total. The van der Waals surface area contributed by atoms with E-state index >= 15 is 0 Å². The van der Waals surface area contributed by atoms with Crippen LogP contribution in [0.5, 0.6) is 0 Å². The molecule has 0 heterocycles. The van der Waals surface area contributed by atoms with E-state index in [4.69, 9.17) is 0 Å². The molecule has 0 amide bonds. The Bertz CT molecular complexity index is 451. The average Bonchev–Trinajstić information content (AvgIpc) is 2.25. The SMILES string of the molecule is CCNC(c1ccc(C)cc1)C(C)S(C)(=O)=O. The summed E-state index contributed by atoms with van der Waals surface area (Å²) in [5, 5.41) is 2.82. The highest BCUT2D eigenvalue weighted by Crippen LogP contribution is 2.22. The van der Waals surface area contributed by atoms with Gasteiger partial charge in [-0.2, -0.15) is 0 Å². The summed E-state index contributed by atoms with van der Waals surface area (Å²) in [4.78, 5) is 0. The van der Waals surface area contributed by atoms with Crippen LogP contribution in [0.2, 0.25) is 0 Å². The van der Waals surface area contributed by atoms with Crippen molar-refractivity contribution in [2.24, 2.45) is 0 Å². The van der Waals surface area contributed by atoms with Crippen molar-refractivity contribution in [2.75, 3.05) is 12.8 Å². The maximum absolute atomic E-state index is 11.6. The van der Waals surface area contributed by atoms with Crippen LogP contribution >= 0.6 is 0 Å². The fourth-order valence-electron chi connectivity index (χ4n) is 1.80. The fourth-order valence-corrected chi connectivity index (χ4v) is 2.54. The van der Waals surface area contributed by atoms with Crippen molar-refractivity contribution in [2.45, 2.75) is 32.1 Å². The molecule has 1 aromatic carbocycles. The van der Waals surface area contributed by atoms with E-state index in [0.717, 1.165) is 12.1 Å². The summed E-state index contributed by atoms with van der Waals surface area (Å²) in [5.74, 6) is 0. The lowest BCUT2D eigenvalue weighted by atomic mass is 10.0. The van der Waals surface area contributed by atoms with Crippen molar-refractivity contribution in [1.29, 1.82) is 0 Å². The highest BCUT2D eigenvalue weighted by atomic mass is 32.2. The zero-order chi connectivity index (χ0) is 13.1. The number of nitrogens with one attached hydrogen (secondary N) is 1. The third-order valence-electron chi connectivity index (χ3n) is 3.01. The molecule has 0 bridgehead atoms. The molecular formula is C13H21NO2S. The van der Waals surface area contributed by atoms with Gasteiger partial charge in [-0.1, -0.05) is 36.8 Å². The van der Waals surface area contributed by atoms with Gasteiger partial charge in [0.2, 0.25) is 0 Å². The minimum Gasteiger partial charge on any atom is -0.309 e. The van der Waals surface area contributed by atoms with E-state index in [-0.39, 0.29) is 6.04 Å². The normalized spacial score (nSPS) is 15.5. The number of rotatable bonds is 5. The second kappa shape index (κ2) is 5.65. The Balaban J connectivity index is 3.05. The lowest BCUT2D eigenvalue weighted by Crippen LogP contribution is -2.34. The molecule has 0 fully saturated rings. The Morgan fingerprint density at radius 3 is 2.18 bits per heavy atom. The molecule has 0 saturated heterocycles. The first-order valence-corrected chi connectivity index (χ1v) is 7.80. The summed E-state index contributed by atoms with van der Waals surface area (Å²) < 4.78 is 23.3. The topological polar surface area (TPSA) is 46.2 Å². The van der Waals surface area contributed by atoms with Gasteiger partial charge in [0.05, 0.1) is 5.25 Å². The Morgan fingerprint density at radius 1 is 1.24 bits per heavy atom. The van der Waals surface area contributed by atoms with Gasteiger partial charge in [-0.25, -0.2) is 8.42 Å². The van der Waals surface area contributed by atoms with E-state index in [1.165, 1.54) is 11.8 Å². The molecule has 17 heavy (non-hydrogen) atoms. The van der Waals surface area contributed by atoms with Crippen LogP contribution in [0.25, 0.3) is 0 Å². The molecule has 0 aliphatic heterocycles. The third kappa shape index (κ3) is 3.82. The number of sulfone groups is 1. The molecular weight excluding hydrogens is 234 g/mol. The average molecular weight is 255 g/mol. The third-order valence-corrected chi connectivity index (χ3v) is 4.63. The molecule has 0 aromatic heterocycles. The van der Waals surface area contributed by atoms with Crippen molar-refractivity contribution in [3.8, 4) is 0 Å². The minimum absolute atomic E-state index is 0.143. The molecule has 1 aromatic rings. The van der Waals surface area contributed by atoms with Crippen molar-refractivity contribution in [1.82, 2.24) is 5.32 Å². The maximum atomic E-state index is 11.6. The Hall–Kier alpha value is -0.870. The summed E-state index contributed by atoms with van der Waals surface area (Å²) in [7, 11) is -3.05. The molecule has 1 rings (SSSR count). The first kappa shape index (κ1) is 14.2. The van der Waals surface area contributed by atoms with E-state index in [9.17, 15) is 8.42 Å². The lowest BCUT2D eigenvalue weighted by molar-refractivity contribution is 0.513. The first-order chi connectivity index (χ1) is 7.86. The van der Waals surface area contributed by atoms with Gasteiger partial charge in [0.1, 0.15) is 0 Å². The number of hydrogen-bond acceptors (Lipinski definition) is 3. The highest BCUT2D eigenvalue weighted by molar-refractivity contribution is 7.91. The molecule has 1 N–H and O–H groups in total. The smallest absolute Gasteiger partial charge is 0.151 e. The summed E-state index contributed by atoms with van der Waals surface area (Å²) >= 11 is 0. The maximum Gasteiger partial charge on any atom is 0.151 e. The molecule has 2 unspecified atom stereocenters. The molecule has 0 radical (unpaired) electrons. The largest absolute Gasteiger partial charge is 0.309 e. The first-order valence-electron chi connectivity index (χ1n) is 5.85. The van der Waals surface area contributed by atoms with E-state index in [1.54, 1.807) is 6.92 Å². The highest BCUT2D eigenvalue weighted by Gasteiger charge is 2.26. The van der Waals surface area contributed by atoms with Gasteiger partial charge >= 0.3 is 0 Å². The van der Waals surface area contributed by atoms with Crippen LogP contribution in [0.4, 0.5) is 0 Å². The standard InChI is InChI=1S/C13H21NO2S/c1-5-14-13(11(3)17(4,15)16)12-8-6-10(2)7-9-12/h6-9,11,13-14H,5H2,1-4H3. The predicted molar refractivity (Wildman–Crippen MR) is 71.9 cm³/mol. The van der Waals surface area contributed by atoms with Crippen LogP contribution in [0.15, 0.2) is 24.3 Å². The monoisotopic (exact) mass is 255 g/mol. The Labute approximate surface area is 104 Å². The van der Waals surface area contributed by atoms with Gasteiger partial charge in [-0.05, 0) is 26.0 Å². The van der Waals surface area contributed by atoms with Crippen LogP contribution < -0.4 is 5.32 Å². The Morgan fingerprint density at radius 2 is 1.76 bits per heavy atom. The number of benzene rings is 1. The van der Waals surface area contributed by atoms with Gasteiger partial charge in [0, 0.05) is 12.3 Å². The van der Waals surface area contributed by atoms with E-state index in [2.05, 4.69) is 5.32 Å². The zero-order valence-corrected chi connectivity index (χ0v) is 11.7. The van der Waals surface area contributed by atoms with Crippen molar-refractivity contribution in [3.63, 3.8) is 0 Å². The van der Waals surface area contributed by atoms with Gasteiger partial charge < -0.3 is 5.32 Å². The van der Waals surface area contributed by atoms with E-state index in [1.807, 2.05) is 38.1 Å². The van der Waals surface area contributed by atoms with Crippen molar-refractivity contribution < 1.29 is 8.42 Å². The molecule has 96 valence electrons. The molecule has 0 aliphatic carbocycles. The van der Waals surface area contributed by atoms with Crippen molar-refractivity contribution >= 4 is 9.84 Å². The quantitative estimate of drug-likeness (QED) is 0.876. The second-order valence-corrected chi connectivity index (χ2v) is 6.88. The van der Waals surface area contributed by atoms with Crippen LogP contribution in [-0.4, -0.2) is 26.5 Å². The molecule has 4 heteroatoms. The summed E-state index contributed by atoms with van der Waals surface area (Å²) in [6.07, 6.45) is 1.29. The predicted octanol–water partition coefficient (Wildman–Crippen LogP) is 2.08. The number of hydrogen-bond donors (Lipinski definition) is 1. The fraction of sp³-hybridized carbons (Fsp3) is 0.538. The summed E-state index contributed by atoms with van der Waals surface area (Å²) in [6.45, 7) is 6.50. The molecule has 0 aliphatic rings. The van der Waals surface area contributed by atoms with E-state index in [0.29, 0.717) is 0 Å². The van der Waals surface area contributed by atoms with Crippen molar-refractivity contribution in [3.05, 3.63) is 35.4 Å². The summed E-state index contributed by atoms with van der Waals surface area (Å²) in [6, 6.07) is 7.86. The zero-order valence-electron chi connectivity index (χ0n) is 10.9. The summed E-state index contributed by atoms with van der Waals surface area (Å²) in [5.41, 5.74) is 2.20.